The minimum absolute atomic E-state index is 0.217. The summed E-state index contributed by atoms with van der Waals surface area (Å²) < 4.78 is 27.8. The molecule has 0 aromatic heterocycles. The Morgan fingerprint density at radius 3 is 2.38 bits per heavy atom. The van der Waals surface area contributed by atoms with E-state index in [0.29, 0.717) is 49.7 Å². The van der Waals surface area contributed by atoms with E-state index in [9.17, 15) is 13.2 Å². The molecule has 160 valence electrons. The highest BCUT2D eigenvalue weighted by molar-refractivity contribution is 7.89. The molecule has 2 heterocycles. The van der Waals surface area contributed by atoms with Crippen LogP contribution >= 0.6 is 0 Å². The molecule has 3 aliphatic rings. The largest absolute Gasteiger partial charge is 0.332 e. The first-order valence-electron chi connectivity index (χ1n) is 11.1. The first-order valence-corrected chi connectivity index (χ1v) is 12.6. The van der Waals surface area contributed by atoms with Crippen LogP contribution in [-0.2, 0) is 27.7 Å². The summed E-state index contributed by atoms with van der Waals surface area (Å²) in [4.78, 5) is 16.5. The van der Waals surface area contributed by atoms with Crippen LogP contribution in [0.1, 0.15) is 50.7 Å². The Balaban J connectivity index is 1.36. The van der Waals surface area contributed by atoms with E-state index in [2.05, 4.69) is 18.7 Å². The third-order valence-electron chi connectivity index (χ3n) is 7.02. The highest BCUT2D eigenvalue weighted by Gasteiger charge is 2.35. The van der Waals surface area contributed by atoms with Crippen molar-refractivity contribution in [3.05, 3.63) is 29.3 Å². The second-order valence-corrected chi connectivity index (χ2v) is 11.0. The van der Waals surface area contributed by atoms with E-state index in [0.717, 1.165) is 32.1 Å². The Hall–Kier alpha value is -1.44. The zero-order chi connectivity index (χ0) is 20.6. The molecule has 7 heteroatoms. The summed E-state index contributed by atoms with van der Waals surface area (Å²) >= 11 is 0. The first-order chi connectivity index (χ1) is 13.9. The molecule has 1 aromatic carbocycles. The number of aryl methyl sites for hydroxylation is 2. The smallest absolute Gasteiger partial charge is 0.278 e. The predicted molar refractivity (Wildman–Crippen MR) is 112 cm³/mol. The van der Waals surface area contributed by atoms with Gasteiger partial charge in [0.25, 0.3) is 5.91 Å². The molecule has 1 aliphatic carbocycles. The molecule has 1 amide bonds. The van der Waals surface area contributed by atoms with Gasteiger partial charge in [-0.15, -0.1) is 0 Å². The second kappa shape index (κ2) is 8.36. The molecule has 2 atom stereocenters. The zero-order valence-electron chi connectivity index (χ0n) is 17.7. The molecule has 1 aromatic rings. The predicted octanol–water partition coefficient (Wildman–Crippen LogP) is 0.854. The normalized spacial score (nSPS) is 26.5. The van der Waals surface area contributed by atoms with Crippen LogP contribution < -0.4 is 4.90 Å². The van der Waals surface area contributed by atoms with Crippen molar-refractivity contribution in [2.45, 2.75) is 69.4 Å². The molecule has 0 radical (unpaired) electrons. The lowest BCUT2D eigenvalue weighted by atomic mass is 9.97. The molecule has 0 unspecified atom stereocenters. The Morgan fingerprint density at radius 1 is 1.03 bits per heavy atom. The zero-order valence-corrected chi connectivity index (χ0v) is 18.5. The lowest BCUT2D eigenvalue weighted by molar-refractivity contribution is -0.896. The van der Waals surface area contributed by atoms with Crippen LogP contribution in [0.3, 0.4) is 0 Å². The van der Waals surface area contributed by atoms with Crippen LogP contribution in [0.5, 0.6) is 0 Å². The van der Waals surface area contributed by atoms with Crippen molar-refractivity contribution in [3.63, 3.8) is 0 Å². The maximum absolute atomic E-state index is 13.1. The minimum atomic E-state index is -3.45. The highest BCUT2D eigenvalue weighted by Crippen LogP contribution is 2.26. The number of carbonyl (C=O) groups excluding carboxylic acids is 1. The fourth-order valence-electron chi connectivity index (χ4n) is 5.30. The van der Waals surface area contributed by atoms with Crippen molar-refractivity contribution in [1.82, 2.24) is 9.21 Å². The van der Waals surface area contributed by atoms with Gasteiger partial charge < -0.3 is 9.80 Å². The maximum atomic E-state index is 13.1. The average Bonchev–Trinajstić information content (AvgIpc) is 3.16. The van der Waals surface area contributed by atoms with Gasteiger partial charge in [-0.3, -0.25) is 4.79 Å². The summed E-state index contributed by atoms with van der Waals surface area (Å²) in [5.74, 6) is 0.217. The van der Waals surface area contributed by atoms with Crippen LogP contribution in [0.4, 0.5) is 0 Å². The van der Waals surface area contributed by atoms with Gasteiger partial charge in [-0.25, -0.2) is 8.42 Å². The molecule has 0 saturated carbocycles. The van der Waals surface area contributed by atoms with E-state index in [1.807, 2.05) is 12.1 Å². The number of hydrogen-bond donors (Lipinski definition) is 1. The number of likely N-dealkylation sites (tertiary alicyclic amines) is 1. The van der Waals surface area contributed by atoms with Crippen LogP contribution in [0, 0.1) is 0 Å². The van der Waals surface area contributed by atoms with Crippen molar-refractivity contribution in [2.24, 2.45) is 0 Å². The molecule has 1 N–H and O–H groups in total. The van der Waals surface area contributed by atoms with E-state index in [1.54, 1.807) is 10.4 Å². The molecular formula is C22H34N3O3S+. The van der Waals surface area contributed by atoms with Crippen LogP contribution in [0.2, 0.25) is 0 Å². The van der Waals surface area contributed by atoms with Gasteiger partial charge in [0.15, 0.2) is 6.54 Å². The lowest BCUT2D eigenvalue weighted by Gasteiger charge is -2.40. The van der Waals surface area contributed by atoms with Crippen molar-refractivity contribution in [2.75, 3.05) is 32.7 Å². The SMILES string of the molecule is C[C@@H]1CCC[C@@H](C)N1C(=O)C[NH+]1CCN(S(=O)(=O)c2ccc3c(c2)CCC3)CC1. The number of nitrogens with one attached hydrogen (secondary N) is 1. The minimum Gasteiger partial charge on any atom is -0.332 e. The number of piperazine rings is 1. The second-order valence-electron chi connectivity index (χ2n) is 9.04. The fourth-order valence-corrected chi connectivity index (χ4v) is 6.79. The Kier molecular flexibility index (Phi) is 6.00. The molecule has 29 heavy (non-hydrogen) atoms. The monoisotopic (exact) mass is 420 g/mol. The Labute approximate surface area is 174 Å². The van der Waals surface area contributed by atoms with Gasteiger partial charge in [0, 0.05) is 12.1 Å². The molecule has 4 rings (SSSR count). The summed E-state index contributed by atoms with van der Waals surface area (Å²) in [6.07, 6.45) is 6.50. The first kappa shape index (κ1) is 20.8. The van der Waals surface area contributed by atoms with Gasteiger partial charge in [-0.05, 0) is 75.6 Å². The van der Waals surface area contributed by atoms with Crippen molar-refractivity contribution in [1.29, 1.82) is 0 Å². The number of fused-ring (bicyclic) bond motifs is 1. The number of hydrogen-bond acceptors (Lipinski definition) is 3. The Morgan fingerprint density at radius 2 is 1.69 bits per heavy atom. The number of sulfonamides is 1. The summed E-state index contributed by atoms with van der Waals surface area (Å²) in [7, 11) is -3.45. The summed E-state index contributed by atoms with van der Waals surface area (Å²) in [5, 5.41) is 0. The van der Waals surface area contributed by atoms with E-state index >= 15 is 0 Å². The maximum Gasteiger partial charge on any atom is 0.278 e. The van der Waals surface area contributed by atoms with Crippen molar-refractivity contribution < 1.29 is 18.1 Å². The molecule has 0 spiro atoms. The molecule has 6 nitrogen and oxygen atoms in total. The van der Waals surface area contributed by atoms with E-state index < -0.39 is 10.0 Å². The summed E-state index contributed by atoms with van der Waals surface area (Å²) in [5.41, 5.74) is 2.48. The van der Waals surface area contributed by atoms with Gasteiger partial charge in [-0.1, -0.05) is 6.07 Å². The third kappa shape index (κ3) is 4.23. The van der Waals surface area contributed by atoms with Crippen LogP contribution in [0.25, 0.3) is 0 Å². The number of carbonyl (C=O) groups is 1. The Bertz CT molecular complexity index is 852. The highest BCUT2D eigenvalue weighted by atomic mass is 32.2. The number of quaternary nitrogens is 1. The summed E-state index contributed by atoms with van der Waals surface area (Å²) in [6.45, 7) is 7.09. The number of benzene rings is 1. The van der Waals surface area contributed by atoms with E-state index in [-0.39, 0.29) is 5.91 Å². The van der Waals surface area contributed by atoms with Crippen LogP contribution in [0.15, 0.2) is 23.1 Å². The van der Waals surface area contributed by atoms with Crippen molar-refractivity contribution in [3.8, 4) is 0 Å². The standard InChI is InChI=1S/C22H33N3O3S/c1-17-5-3-6-18(2)25(17)22(26)16-23-11-13-24(14-12-23)29(27,28)21-10-9-19-7-4-8-20(19)15-21/h9-10,15,17-18H,3-8,11-14,16H2,1-2H3/p+1/t17-,18-/m1/s1. The lowest BCUT2D eigenvalue weighted by Crippen LogP contribution is -3.15. The van der Waals surface area contributed by atoms with Gasteiger partial charge in [0.05, 0.1) is 31.1 Å². The van der Waals surface area contributed by atoms with Gasteiger partial charge >= 0.3 is 0 Å². The van der Waals surface area contributed by atoms with E-state index in [1.165, 1.54) is 22.4 Å². The number of piperidine rings is 1. The third-order valence-corrected chi connectivity index (χ3v) is 8.91. The molecular weight excluding hydrogens is 386 g/mol. The summed E-state index contributed by atoms with van der Waals surface area (Å²) in [6, 6.07) is 6.25. The average molecular weight is 421 g/mol. The van der Waals surface area contributed by atoms with Gasteiger partial charge in [0.1, 0.15) is 0 Å². The molecule has 0 bridgehead atoms. The molecule has 2 aliphatic heterocycles. The number of rotatable bonds is 4. The molecule has 2 saturated heterocycles. The topological polar surface area (TPSA) is 62.1 Å². The van der Waals surface area contributed by atoms with Gasteiger partial charge in [0.2, 0.25) is 10.0 Å². The van der Waals surface area contributed by atoms with Crippen LogP contribution in [-0.4, -0.2) is 68.3 Å². The van der Waals surface area contributed by atoms with Gasteiger partial charge in [-0.2, -0.15) is 4.31 Å². The number of amides is 1. The quantitative estimate of drug-likeness (QED) is 0.786. The fraction of sp³-hybridized carbons (Fsp3) is 0.682. The van der Waals surface area contributed by atoms with Crippen molar-refractivity contribution >= 4 is 15.9 Å². The number of nitrogens with zero attached hydrogens (tertiary/aromatic N) is 2. The van der Waals surface area contributed by atoms with E-state index in [4.69, 9.17) is 0 Å². The molecule has 2 fully saturated rings.